The Balaban J connectivity index is 2.03. The molecular weight excluding hydrogens is 277 g/mol. The Kier molecular flexibility index (Phi) is 4.19. The highest BCUT2D eigenvalue weighted by molar-refractivity contribution is 5.70. The second kappa shape index (κ2) is 6.11. The van der Waals surface area contributed by atoms with Gasteiger partial charge in [0.15, 0.2) is 0 Å². The van der Waals surface area contributed by atoms with Crippen LogP contribution in [0.15, 0.2) is 24.5 Å². The van der Waals surface area contributed by atoms with Gasteiger partial charge >= 0.3 is 0 Å². The van der Waals surface area contributed by atoms with Crippen LogP contribution in [0.3, 0.4) is 0 Å². The van der Waals surface area contributed by atoms with E-state index in [-0.39, 0.29) is 5.82 Å². The number of rotatable bonds is 4. The standard InChI is InChI=1S/C18H24FN3/c1-4-15(5-2)22-8-6-7-13-9-16(17(19)10-18(13)22)14-11-20-21(3)12-14/h9-12,15H,4-8H2,1-3H3. The molecule has 0 radical (unpaired) electrons. The highest BCUT2D eigenvalue weighted by Gasteiger charge is 2.24. The zero-order valence-electron chi connectivity index (χ0n) is 13.6. The molecule has 1 aromatic heterocycles. The van der Waals surface area contributed by atoms with Crippen molar-refractivity contribution in [3.05, 3.63) is 35.9 Å². The minimum absolute atomic E-state index is 0.149. The van der Waals surface area contributed by atoms with Crippen LogP contribution in [0.2, 0.25) is 0 Å². The van der Waals surface area contributed by atoms with Crippen LogP contribution in [0, 0.1) is 5.82 Å². The first-order valence-electron chi connectivity index (χ1n) is 8.22. The lowest BCUT2D eigenvalue weighted by Gasteiger charge is -2.37. The Hall–Kier alpha value is -1.84. The van der Waals surface area contributed by atoms with E-state index in [2.05, 4.69) is 23.8 Å². The molecule has 1 aromatic carbocycles. The maximum Gasteiger partial charge on any atom is 0.133 e. The van der Waals surface area contributed by atoms with E-state index in [0.717, 1.165) is 43.5 Å². The number of benzene rings is 1. The number of halogens is 1. The van der Waals surface area contributed by atoms with Crippen LogP contribution >= 0.6 is 0 Å². The van der Waals surface area contributed by atoms with Crippen molar-refractivity contribution in [2.75, 3.05) is 11.4 Å². The van der Waals surface area contributed by atoms with Gasteiger partial charge in [-0.1, -0.05) is 13.8 Å². The first-order valence-corrected chi connectivity index (χ1v) is 8.22. The van der Waals surface area contributed by atoms with Gasteiger partial charge in [0.25, 0.3) is 0 Å². The summed E-state index contributed by atoms with van der Waals surface area (Å²) in [5.41, 5.74) is 3.86. The molecule has 118 valence electrons. The molecule has 1 aliphatic rings. The average Bonchev–Trinajstić information content (AvgIpc) is 2.94. The lowest BCUT2D eigenvalue weighted by Crippen LogP contribution is -2.38. The van der Waals surface area contributed by atoms with Gasteiger partial charge in [0.05, 0.1) is 6.20 Å². The predicted octanol–water partition coefficient (Wildman–Crippen LogP) is 4.17. The largest absolute Gasteiger partial charge is 0.368 e. The van der Waals surface area contributed by atoms with E-state index in [1.54, 1.807) is 16.9 Å². The summed E-state index contributed by atoms with van der Waals surface area (Å²) in [5, 5.41) is 4.16. The third-order valence-corrected chi connectivity index (χ3v) is 4.72. The fraction of sp³-hybridized carbons (Fsp3) is 0.500. The zero-order valence-corrected chi connectivity index (χ0v) is 13.6. The molecule has 3 nitrogen and oxygen atoms in total. The summed E-state index contributed by atoms with van der Waals surface area (Å²) in [7, 11) is 1.86. The monoisotopic (exact) mass is 301 g/mol. The van der Waals surface area contributed by atoms with E-state index < -0.39 is 0 Å². The van der Waals surface area contributed by atoms with Gasteiger partial charge in [-0.05, 0) is 43.4 Å². The maximum absolute atomic E-state index is 14.7. The molecule has 0 aliphatic carbocycles. The van der Waals surface area contributed by atoms with Crippen LogP contribution in [0.5, 0.6) is 0 Å². The van der Waals surface area contributed by atoms with Crippen LogP contribution in [0.25, 0.3) is 11.1 Å². The molecule has 0 atom stereocenters. The highest BCUT2D eigenvalue weighted by atomic mass is 19.1. The van der Waals surface area contributed by atoms with Crippen molar-refractivity contribution in [2.24, 2.45) is 7.05 Å². The Morgan fingerprint density at radius 3 is 2.68 bits per heavy atom. The molecule has 0 saturated heterocycles. The molecule has 0 saturated carbocycles. The molecule has 2 heterocycles. The van der Waals surface area contributed by atoms with Crippen LogP contribution in [0.4, 0.5) is 10.1 Å². The quantitative estimate of drug-likeness (QED) is 0.845. The summed E-state index contributed by atoms with van der Waals surface area (Å²) < 4.78 is 16.4. The van der Waals surface area contributed by atoms with Crippen molar-refractivity contribution in [1.29, 1.82) is 0 Å². The molecule has 4 heteroatoms. The normalized spacial score (nSPS) is 14.5. The van der Waals surface area contributed by atoms with E-state index >= 15 is 0 Å². The summed E-state index contributed by atoms with van der Waals surface area (Å²) in [6.07, 6.45) is 7.96. The third kappa shape index (κ3) is 2.62. The van der Waals surface area contributed by atoms with Gasteiger partial charge < -0.3 is 4.90 Å². The second-order valence-corrected chi connectivity index (χ2v) is 6.13. The molecule has 0 amide bonds. The molecule has 3 rings (SSSR count). The van der Waals surface area contributed by atoms with Crippen LogP contribution in [-0.4, -0.2) is 22.4 Å². The number of aromatic nitrogens is 2. The number of nitrogens with zero attached hydrogens (tertiary/aromatic N) is 3. The third-order valence-electron chi connectivity index (χ3n) is 4.72. The van der Waals surface area contributed by atoms with Gasteiger partial charge in [-0.3, -0.25) is 4.68 Å². The van der Waals surface area contributed by atoms with E-state index in [1.807, 2.05) is 19.3 Å². The minimum atomic E-state index is -0.149. The van der Waals surface area contributed by atoms with Gasteiger partial charge in [0, 0.05) is 42.6 Å². The van der Waals surface area contributed by atoms with E-state index in [4.69, 9.17) is 0 Å². The van der Waals surface area contributed by atoms with Crippen molar-refractivity contribution in [1.82, 2.24) is 9.78 Å². The molecule has 0 unspecified atom stereocenters. The molecule has 0 N–H and O–H groups in total. The van der Waals surface area contributed by atoms with Crippen molar-refractivity contribution in [3.8, 4) is 11.1 Å². The van der Waals surface area contributed by atoms with E-state index in [9.17, 15) is 4.39 Å². The van der Waals surface area contributed by atoms with Crippen LogP contribution in [0.1, 0.15) is 38.7 Å². The van der Waals surface area contributed by atoms with Crippen LogP contribution in [-0.2, 0) is 13.5 Å². The molecule has 1 aliphatic heterocycles. The first-order chi connectivity index (χ1) is 10.6. The molecule has 0 bridgehead atoms. The summed E-state index contributed by atoms with van der Waals surface area (Å²) in [6.45, 7) is 5.46. The number of anilines is 1. The van der Waals surface area contributed by atoms with Crippen molar-refractivity contribution in [2.45, 2.75) is 45.6 Å². The zero-order chi connectivity index (χ0) is 15.7. The first kappa shape index (κ1) is 15.1. The van der Waals surface area contributed by atoms with Gasteiger partial charge in [-0.25, -0.2) is 4.39 Å². The van der Waals surface area contributed by atoms with Crippen molar-refractivity contribution >= 4 is 5.69 Å². The Labute approximate surface area is 131 Å². The fourth-order valence-corrected chi connectivity index (χ4v) is 3.53. The smallest absolute Gasteiger partial charge is 0.133 e. The lowest BCUT2D eigenvalue weighted by atomic mass is 9.94. The number of aryl methyl sites for hydroxylation is 2. The van der Waals surface area contributed by atoms with Crippen LogP contribution < -0.4 is 4.90 Å². The fourth-order valence-electron chi connectivity index (χ4n) is 3.53. The predicted molar refractivity (Wildman–Crippen MR) is 88.6 cm³/mol. The van der Waals surface area contributed by atoms with E-state index in [0.29, 0.717) is 11.6 Å². The maximum atomic E-state index is 14.7. The SMILES string of the molecule is CCC(CC)N1CCCc2cc(-c3cnn(C)c3)c(F)cc21. The van der Waals surface area contributed by atoms with Crippen molar-refractivity contribution < 1.29 is 4.39 Å². The van der Waals surface area contributed by atoms with E-state index in [1.165, 1.54) is 5.56 Å². The van der Waals surface area contributed by atoms with Gasteiger partial charge in [-0.15, -0.1) is 0 Å². The summed E-state index contributed by atoms with van der Waals surface area (Å²) in [5.74, 6) is -0.149. The van der Waals surface area contributed by atoms with Gasteiger partial charge in [-0.2, -0.15) is 5.10 Å². The van der Waals surface area contributed by atoms with Crippen molar-refractivity contribution in [3.63, 3.8) is 0 Å². The summed E-state index contributed by atoms with van der Waals surface area (Å²) in [6, 6.07) is 4.26. The number of hydrogen-bond acceptors (Lipinski definition) is 2. The molecule has 22 heavy (non-hydrogen) atoms. The Morgan fingerprint density at radius 2 is 2.05 bits per heavy atom. The minimum Gasteiger partial charge on any atom is -0.368 e. The molecule has 2 aromatic rings. The topological polar surface area (TPSA) is 21.1 Å². The molecular formula is C18H24FN3. The number of fused-ring (bicyclic) bond motifs is 1. The average molecular weight is 301 g/mol. The summed E-state index contributed by atoms with van der Waals surface area (Å²) >= 11 is 0. The second-order valence-electron chi connectivity index (χ2n) is 6.13. The van der Waals surface area contributed by atoms with Gasteiger partial charge in [0.1, 0.15) is 5.82 Å². The molecule has 0 spiro atoms. The summed E-state index contributed by atoms with van der Waals surface area (Å²) in [4.78, 5) is 2.40. The Morgan fingerprint density at radius 1 is 1.27 bits per heavy atom. The molecule has 0 fully saturated rings. The highest BCUT2D eigenvalue weighted by Crippen LogP contribution is 2.35. The number of hydrogen-bond donors (Lipinski definition) is 0. The lowest BCUT2D eigenvalue weighted by molar-refractivity contribution is 0.529. The van der Waals surface area contributed by atoms with Gasteiger partial charge in [0.2, 0.25) is 0 Å². The Bertz CT molecular complexity index is 658.